The van der Waals surface area contributed by atoms with Crippen LogP contribution in [0.25, 0.3) is 20.9 Å². The third kappa shape index (κ3) is 4.25. The van der Waals surface area contributed by atoms with Crippen molar-refractivity contribution >= 4 is 43.8 Å². The normalized spacial score (nSPS) is 11.1. The number of hydrogen-bond donors (Lipinski definition) is 0. The van der Waals surface area contributed by atoms with Gasteiger partial charge in [-0.2, -0.15) is 0 Å². The van der Waals surface area contributed by atoms with Gasteiger partial charge in [-0.25, -0.2) is 0 Å². The molecule has 0 atom stereocenters. The van der Waals surface area contributed by atoms with Gasteiger partial charge in [0.1, 0.15) is 0 Å². The minimum atomic E-state index is -0.376. The second-order valence-electron chi connectivity index (χ2n) is 8.03. The fraction of sp³-hybridized carbons (Fsp3) is 0.103. The van der Waals surface area contributed by atoms with Crippen molar-refractivity contribution in [2.45, 2.75) is 19.3 Å². The standard InChI is InChI=1S/C29H22O2S/c30-26(29(31)28-19-24-7-2-4-11-27(24)32-28)17-16-20-12-14-21(15-13-20)18-23-9-5-8-22-6-1-3-10-25(22)23/h1-15,19H,16-18H2. The Morgan fingerprint density at radius 3 is 2.19 bits per heavy atom. The third-order valence-corrected chi connectivity index (χ3v) is 6.96. The zero-order valence-electron chi connectivity index (χ0n) is 17.6. The molecule has 0 spiro atoms. The monoisotopic (exact) mass is 434 g/mol. The number of thiophene rings is 1. The molecule has 3 heteroatoms. The Kier molecular flexibility index (Phi) is 5.66. The number of carbonyl (C=O) groups is 2. The van der Waals surface area contributed by atoms with Crippen LogP contribution in [0.15, 0.2) is 97.1 Å². The van der Waals surface area contributed by atoms with E-state index >= 15 is 0 Å². The number of hydrogen-bond acceptors (Lipinski definition) is 3. The first kappa shape index (κ1) is 20.3. The molecule has 156 valence electrons. The summed E-state index contributed by atoms with van der Waals surface area (Å²) in [5.41, 5.74) is 3.61. The van der Waals surface area contributed by atoms with Crippen molar-refractivity contribution in [3.05, 3.63) is 119 Å². The first-order chi connectivity index (χ1) is 15.7. The Balaban J connectivity index is 1.22. The van der Waals surface area contributed by atoms with Crippen LogP contribution in [-0.4, -0.2) is 11.6 Å². The number of ketones is 2. The number of fused-ring (bicyclic) bond motifs is 2. The van der Waals surface area contributed by atoms with Crippen molar-refractivity contribution in [2.75, 3.05) is 0 Å². The molecular weight excluding hydrogens is 412 g/mol. The van der Waals surface area contributed by atoms with Crippen molar-refractivity contribution < 1.29 is 9.59 Å². The number of aryl methyl sites for hydroxylation is 1. The maximum Gasteiger partial charge on any atom is 0.238 e. The molecule has 0 saturated heterocycles. The van der Waals surface area contributed by atoms with Gasteiger partial charge in [-0.15, -0.1) is 11.3 Å². The molecule has 0 N–H and O–H groups in total. The van der Waals surface area contributed by atoms with Gasteiger partial charge in [0.05, 0.1) is 4.88 Å². The minimum absolute atomic E-state index is 0.232. The van der Waals surface area contributed by atoms with Crippen molar-refractivity contribution in [3.63, 3.8) is 0 Å². The van der Waals surface area contributed by atoms with E-state index in [1.807, 2.05) is 30.3 Å². The number of rotatable bonds is 7. The molecule has 2 nitrogen and oxygen atoms in total. The summed E-state index contributed by atoms with van der Waals surface area (Å²) in [7, 11) is 0. The first-order valence-electron chi connectivity index (χ1n) is 10.8. The summed E-state index contributed by atoms with van der Waals surface area (Å²) in [4.78, 5) is 25.6. The van der Waals surface area contributed by atoms with Crippen molar-refractivity contribution in [3.8, 4) is 0 Å². The second-order valence-corrected chi connectivity index (χ2v) is 9.12. The predicted molar refractivity (Wildman–Crippen MR) is 133 cm³/mol. The highest BCUT2D eigenvalue weighted by atomic mass is 32.1. The van der Waals surface area contributed by atoms with Gasteiger partial charge in [0.15, 0.2) is 0 Å². The Hall–Kier alpha value is -3.56. The molecule has 5 aromatic rings. The van der Waals surface area contributed by atoms with E-state index in [2.05, 4.69) is 66.7 Å². The molecule has 0 aliphatic carbocycles. The molecular formula is C29H22O2S. The van der Waals surface area contributed by atoms with Crippen LogP contribution in [0.4, 0.5) is 0 Å². The predicted octanol–water partition coefficient (Wildman–Crippen LogP) is 7.03. The highest BCUT2D eigenvalue weighted by Gasteiger charge is 2.18. The van der Waals surface area contributed by atoms with Gasteiger partial charge in [0, 0.05) is 11.1 Å². The molecule has 1 aromatic heterocycles. The molecule has 0 bridgehead atoms. The highest BCUT2D eigenvalue weighted by Crippen LogP contribution is 2.26. The zero-order chi connectivity index (χ0) is 21.9. The summed E-state index contributed by atoms with van der Waals surface area (Å²) in [6.07, 6.45) is 1.67. The highest BCUT2D eigenvalue weighted by molar-refractivity contribution is 7.21. The van der Waals surface area contributed by atoms with Crippen LogP contribution < -0.4 is 0 Å². The first-order valence-corrected chi connectivity index (χ1v) is 11.6. The van der Waals surface area contributed by atoms with Crippen LogP contribution >= 0.6 is 11.3 Å². The number of benzene rings is 4. The smallest absolute Gasteiger partial charge is 0.238 e. The SMILES string of the molecule is O=C(CCc1ccc(Cc2cccc3ccccc23)cc1)C(=O)c1cc2ccccc2s1. The van der Waals surface area contributed by atoms with Crippen molar-refractivity contribution in [1.29, 1.82) is 0 Å². The quantitative estimate of drug-likeness (QED) is 0.204. The van der Waals surface area contributed by atoms with E-state index in [1.165, 1.54) is 33.2 Å². The largest absolute Gasteiger partial charge is 0.290 e. The lowest BCUT2D eigenvalue weighted by Crippen LogP contribution is -2.13. The topological polar surface area (TPSA) is 34.1 Å². The summed E-state index contributed by atoms with van der Waals surface area (Å²) in [6.45, 7) is 0. The summed E-state index contributed by atoms with van der Waals surface area (Å²) in [5.74, 6) is -0.699. The summed E-state index contributed by atoms with van der Waals surface area (Å²) < 4.78 is 1.03. The van der Waals surface area contributed by atoms with Gasteiger partial charge in [0.25, 0.3) is 0 Å². The van der Waals surface area contributed by atoms with Crippen LogP contribution in [0.5, 0.6) is 0 Å². The summed E-state index contributed by atoms with van der Waals surface area (Å²) >= 11 is 1.39. The van der Waals surface area contributed by atoms with E-state index in [0.29, 0.717) is 11.3 Å². The van der Waals surface area contributed by atoms with Crippen LogP contribution in [0.2, 0.25) is 0 Å². The summed E-state index contributed by atoms with van der Waals surface area (Å²) in [5, 5.41) is 3.54. The summed E-state index contributed by atoms with van der Waals surface area (Å²) in [6, 6.07) is 32.9. The Bertz CT molecular complexity index is 1390. The van der Waals surface area contributed by atoms with E-state index in [4.69, 9.17) is 0 Å². The van der Waals surface area contributed by atoms with Crippen LogP contribution in [0, 0.1) is 0 Å². The van der Waals surface area contributed by atoms with Gasteiger partial charge in [-0.1, -0.05) is 84.9 Å². The molecule has 32 heavy (non-hydrogen) atoms. The molecule has 0 radical (unpaired) electrons. The lowest BCUT2D eigenvalue weighted by molar-refractivity contribution is -0.115. The van der Waals surface area contributed by atoms with Crippen molar-refractivity contribution in [1.82, 2.24) is 0 Å². The van der Waals surface area contributed by atoms with Gasteiger partial charge in [-0.3, -0.25) is 9.59 Å². The molecule has 4 aromatic carbocycles. The lowest BCUT2D eigenvalue weighted by Gasteiger charge is -2.08. The molecule has 0 fully saturated rings. The van der Waals surface area contributed by atoms with Crippen LogP contribution in [0.3, 0.4) is 0 Å². The minimum Gasteiger partial charge on any atom is -0.290 e. The van der Waals surface area contributed by atoms with Gasteiger partial charge in [-0.05, 0) is 57.8 Å². The average molecular weight is 435 g/mol. The Morgan fingerprint density at radius 1 is 0.688 bits per heavy atom. The molecule has 0 amide bonds. The fourth-order valence-corrected chi connectivity index (χ4v) is 5.11. The number of Topliss-reactive ketones (excluding diaryl/α,β-unsaturated/α-hetero) is 2. The van der Waals surface area contributed by atoms with E-state index in [9.17, 15) is 9.59 Å². The average Bonchev–Trinajstić information content (AvgIpc) is 3.27. The van der Waals surface area contributed by atoms with E-state index in [0.717, 1.165) is 22.1 Å². The molecule has 0 saturated carbocycles. The lowest BCUT2D eigenvalue weighted by atomic mass is 9.97. The molecule has 5 rings (SSSR count). The maximum atomic E-state index is 12.6. The van der Waals surface area contributed by atoms with Crippen LogP contribution in [0.1, 0.15) is 32.8 Å². The number of carbonyl (C=O) groups excluding carboxylic acids is 2. The van der Waals surface area contributed by atoms with Gasteiger partial charge < -0.3 is 0 Å². The van der Waals surface area contributed by atoms with Crippen molar-refractivity contribution in [2.24, 2.45) is 0 Å². The van der Waals surface area contributed by atoms with E-state index in [-0.39, 0.29) is 18.0 Å². The van der Waals surface area contributed by atoms with Gasteiger partial charge >= 0.3 is 0 Å². The van der Waals surface area contributed by atoms with Gasteiger partial charge in [0.2, 0.25) is 11.6 Å². The van der Waals surface area contributed by atoms with E-state index in [1.54, 1.807) is 0 Å². The Morgan fingerprint density at radius 2 is 1.38 bits per heavy atom. The zero-order valence-corrected chi connectivity index (χ0v) is 18.4. The molecule has 0 aliphatic heterocycles. The van der Waals surface area contributed by atoms with Crippen LogP contribution in [-0.2, 0) is 17.6 Å². The Labute approximate surface area is 191 Å². The molecule has 0 unspecified atom stereocenters. The molecule has 0 aliphatic rings. The second kappa shape index (κ2) is 8.89. The maximum absolute atomic E-state index is 12.6. The third-order valence-electron chi connectivity index (χ3n) is 5.84. The van der Waals surface area contributed by atoms with E-state index < -0.39 is 0 Å². The fourth-order valence-electron chi connectivity index (χ4n) is 4.09. The molecule has 1 heterocycles.